The van der Waals surface area contributed by atoms with Gasteiger partial charge < -0.3 is 29.2 Å². The number of hydrogen-bond acceptors (Lipinski definition) is 7. The number of benzene rings is 2. The van der Waals surface area contributed by atoms with Gasteiger partial charge in [0, 0.05) is 36.8 Å². The Morgan fingerprint density at radius 1 is 0.950 bits per heavy atom. The maximum Gasteiger partial charge on any atom is 0.410 e. The van der Waals surface area contributed by atoms with E-state index in [0.717, 1.165) is 16.9 Å². The number of hydrogen-bond donors (Lipinski definition) is 1. The molecule has 10 heteroatoms. The fourth-order valence-electron chi connectivity index (χ4n) is 4.83. The molecular formula is C30H38N4O6. The Balaban J connectivity index is 1.65. The lowest BCUT2D eigenvalue weighted by molar-refractivity contribution is 0.0203. The Labute approximate surface area is 235 Å². The number of likely N-dealkylation sites (tertiary alicyclic amines) is 1. The molecule has 1 saturated heterocycles. The number of amides is 2. The standard InChI is InChI=1S/C30H38N4O6/c1-19-8-10-22(11-9-19)34-26(20-12-14-33(15-13-20)29(36)40-30(2,3)4)23(18-31-34)28(35)32-21-16-24(37-5)27(39-7)25(17-21)38-6/h8-11,16-18,20H,12-15H2,1-7H3,(H,32,35). The van der Waals surface area contributed by atoms with E-state index in [4.69, 9.17) is 18.9 Å². The quantitative estimate of drug-likeness (QED) is 0.410. The number of methoxy groups -OCH3 is 3. The second-order valence-electron chi connectivity index (χ2n) is 10.8. The van der Waals surface area contributed by atoms with Crippen molar-refractivity contribution in [3.05, 3.63) is 59.4 Å². The second-order valence-corrected chi connectivity index (χ2v) is 10.8. The first-order valence-corrected chi connectivity index (χ1v) is 13.3. The number of anilines is 1. The van der Waals surface area contributed by atoms with Crippen molar-refractivity contribution in [2.75, 3.05) is 39.7 Å². The van der Waals surface area contributed by atoms with Crippen molar-refractivity contribution in [1.82, 2.24) is 14.7 Å². The van der Waals surface area contributed by atoms with Crippen LogP contribution in [-0.4, -0.2) is 66.7 Å². The van der Waals surface area contributed by atoms with Crippen molar-refractivity contribution >= 4 is 17.7 Å². The summed E-state index contributed by atoms with van der Waals surface area (Å²) < 4.78 is 23.7. The molecule has 1 aromatic heterocycles. The summed E-state index contributed by atoms with van der Waals surface area (Å²) in [6.45, 7) is 8.64. The SMILES string of the molecule is COc1cc(NC(=O)c2cnn(-c3ccc(C)cc3)c2C2CCN(C(=O)OC(C)(C)C)CC2)cc(OC)c1OC. The molecule has 2 heterocycles. The highest BCUT2D eigenvalue weighted by atomic mass is 16.6. The molecule has 0 radical (unpaired) electrons. The predicted molar refractivity (Wildman–Crippen MR) is 152 cm³/mol. The average molecular weight is 551 g/mol. The van der Waals surface area contributed by atoms with E-state index in [9.17, 15) is 9.59 Å². The molecule has 2 amide bonds. The molecule has 4 rings (SSSR count). The number of rotatable bonds is 7. The Kier molecular flexibility index (Phi) is 8.56. The summed E-state index contributed by atoms with van der Waals surface area (Å²) >= 11 is 0. The molecule has 1 N–H and O–H groups in total. The van der Waals surface area contributed by atoms with Crippen LogP contribution in [-0.2, 0) is 4.74 Å². The lowest BCUT2D eigenvalue weighted by Gasteiger charge is -2.34. The normalized spacial score (nSPS) is 14.0. The summed E-state index contributed by atoms with van der Waals surface area (Å²) in [4.78, 5) is 28.1. The molecule has 0 aliphatic carbocycles. The van der Waals surface area contributed by atoms with Gasteiger partial charge in [-0.1, -0.05) is 17.7 Å². The summed E-state index contributed by atoms with van der Waals surface area (Å²) in [5, 5.41) is 7.61. The van der Waals surface area contributed by atoms with Crippen LogP contribution in [0.4, 0.5) is 10.5 Å². The minimum atomic E-state index is -0.559. The zero-order valence-electron chi connectivity index (χ0n) is 24.2. The van der Waals surface area contributed by atoms with E-state index in [0.29, 0.717) is 54.4 Å². The highest BCUT2D eigenvalue weighted by molar-refractivity contribution is 6.05. The fraction of sp³-hybridized carbons (Fsp3) is 0.433. The number of piperidine rings is 1. The third-order valence-electron chi connectivity index (χ3n) is 6.79. The van der Waals surface area contributed by atoms with Crippen molar-refractivity contribution in [3.8, 4) is 22.9 Å². The number of nitrogens with zero attached hydrogens (tertiary/aromatic N) is 3. The first-order valence-electron chi connectivity index (χ1n) is 13.3. The van der Waals surface area contributed by atoms with E-state index in [1.54, 1.807) is 23.2 Å². The van der Waals surface area contributed by atoms with Gasteiger partial charge in [-0.05, 0) is 52.7 Å². The van der Waals surface area contributed by atoms with Gasteiger partial charge in [-0.3, -0.25) is 4.79 Å². The van der Waals surface area contributed by atoms with Crippen molar-refractivity contribution in [3.63, 3.8) is 0 Å². The summed E-state index contributed by atoms with van der Waals surface area (Å²) in [5.41, 5.74) is 3.19. The maximum absolute atomic E-state index is 13.7. The molecule has 2 aromatic carbocycles. The Hall–Kier alpha value is -4.21. The topological polar surface area (TPSA) is 104 Å². The van der Waals surface area contributed by atoms with Gasteiger partial charge in [-0.2, -0.15) is 5.10 Å². The minimum absolute atomic E-state index is 0.00294. The zero-order chi connectivity index (χ0) is 29.0. The van der Waals surface area contributed by atoms with Crippen molar-refractivity contribution in [2.24, 2.45) is 0 Å². The minimum Gasteiger partial charge on any atom is -0.493 e. The lowest BCUT2D eigenvalue weighted by Crippen LogP contribution is -2.41. The molecular weight excluding hydrogens is 512 g/mol. The van der Waals surface area contributed by atoms with Crippen LogP contribution < -0.4 is 19.5 Å². The fourth-order valence-corrected chi connectivity index (χ4v) is 4.83. The summed E-state index contributed by atoms with van der Waals surface area (Å²) in [6, 6.07) is 11.4. The third kappa shape index (κ3) is 6.32. The molecule has 0 atom stereocenters. The van der Waals surface area contributed by atoms with Crippen molar-refractivity contribution < 1.29 is 28.5 Å². The molecule has 1 aliphatic heterocycles. The maximum atomic E-state index is 13.7. The molecule has 3 aromatic rings. The highest BCUT2D eigenvalue weighted by Gasteiger charge is 2.32. The zero-order valence-corrected chi connectivity index (χ0v) is 24.2. The van der Waals surface area contributed by atoms with Crippen LogP contribution in [0.3, 0.4) is 0 Å². The third-order valence-corrected chi connectivity index (χ3v) is 6.79. The monoisotopic (exact) mass is 550 g/mol. The van der Waals surface area contributed by atoms with Crippen LogP contribution >= 0.6 is 0 Å². The van der Waals surface area contributed by atoms with E-state index in [1.165, 1.54) is 21.3 Å². The van der Waals surface area contributed by atoms with E-state index >= 15 is 0 Å². The Morgan fingerprint density at radius 2 is 1.55 bits per heavy atom. The lowest BCUT2D eigenvalue weighted by atomic mass is 9.90. The van der Waals surface area contributed by atoms with E-state index < -0.39 is 5.60 Å². The summed E-state index contributed by atoms with van der Waals surface area (Å²) in [7, 11) is 4.57. The van der Waals surface area contributed by atoms with Crippen LogP contribution in [0, 0.1) is 6.92 Å². The van der Waals surface area contributed by atoms with Crippen molar-refractivity contribution in [1.29, 1.82) is 0 Å². The largest absolute Gasteiger partial charge is 0.493 e. The van der Waals surface area contributed by atoms with Crippen molar-refractivity contribution in [2.45, 2.75) is 52.1 Å². The smallest absolute Gasteiger partial charge is 0.410 e. The van der Waals surface area contributed by atoms with Crippen LogP contribution in [0.1, 0.15) is 61.1 Å². The van der Waals surface area contributed by atoms with E-state index in [2.05, 4.69) is 10.4 Å². The Bertz CT molecular complexity index is 1330. The second kappa shape index (κ2) is 11.9. The molecule has 0 saturated carbocycles. The molecule has 214 valence electrons. The summed E-state index contributed by atoms with van der Waals surface area (Å²) in [5.74, 6) is 0.998. The Morgan fingerprint density at radius 3 is 2.08 bits per heavy atom. The molecule has 0 spiro atoms. The van der Waals surface area contributed by atoms with Crippen LogP contribution in [0.2, 0.25) is 0 Å². The van der Waals surface area contributed by atoms with Gasteiger partial charge in [0.1, 0.15) is 5.60 Å². The van der Waals surface area contributed by atoms with Gasteiger partial charge in [0.05, 0.1) is 44.5 Å². The first-order chi connectivity index (χ1) is 19.0. The van der Waals surface area contributed by atoms with Gasteiger partial charge in [0.2, 0.25) is 5.75 Å². The number of ether oxygens (including phenoxy) is 4. The molecule has 1 aliphatic rings. The number of carbonyl (C=O) groups is 2. The number of aromatic nitrogens is 2. The van der Waals surface area contributed by atoms with Gasteiger partial charge >= 0.3 is 6.09 Å². The van der Waals surface area contributed by atoms with E-state index in [-0.39, 0.29) is 17.9 Å². The highest BCUT2D eigenvalue weighted by Crippen LogP contribution is 2.40. The molecule has 0 bridgehead atoms. The number of carbonyl (C=O) groups excluding carboxylic acids is 2. The molecule has 0 unspecified atom stereocenters. The van der Waals surface area contributed by atoms with Gasteiger partial charge in [-0.25, -0.2) is 9.48 Å². The van der Waals surface area contributed by atoms with E-state index in [1.807, 2.05) is 56.6 Å². The van der Waals surface area contributed by atoms with Crippen LogP contribution in [0.25, 0.3) is 5.69 Å². The first kappa shape index (κ1) is 28.8. The van der Waals surface area contributed by atoms with Gasteiger partial charge in [0.15, 0.2) is 11.5 Å². The molecule has 1 fully saturated rings. The van der Waals surface area contributed by atoms with Gasteiger partial charge in [0.25, 0.3) is 5.91 Å². The molecule has 40 heavy (non-hydrogen) atoms. The average Bonchev–Trinajstić information content (AvgIpc) is 3.37. The predicted octanol–water partition coefficient (Wildman–Crippen LogP) is 5.57. The molecule has 10 nitrogen and oxygen atoms in total. The van der Waals surface area contributed by atoms with Crippen LogP contribution in [0.5, 0.6) is 17.2 Å². The van der Waals surface area contributed by atoms with Gasteiger partial charge in [-0.15, -0.1) is 0 Å². The van der Waals surface area contributed by atoms with Crippen LogP contribution in [0.15, 0.2) is 42.6 Å². The number of aryl methyl sites for hydroxylation is 1. The summed E-state index contributed by atoms with van der Waals surface area (Å²) in [6.07, 6.45) is 2.61. The number of nitrogens with one attached hydrogen (secondary N) is 1.